The summed E-state index contributed by atoms with van der Waals surface area (Å²) in [6, 6.07) is 5.37. The summed E-state index contributed by atoms with van der Waals surface area (Å²) in [5.74, 6) is -1.09. The lowest BCUT2D eigenvalue weighted by molar-refractivity contribution is 0.551. The van der Waals surface area contributed by atoms with Crippen LogP contribution < -0.4 is 5.32 Å². The molecule has 1 nitrogen and oxygen atoms in total. The molecule has 2 aromatic rings. The fourth-order valence-corrected chi connectivity index (χ4v) is 3.71. The molecule has 1 N–H and O–H groups in total. The predicted octanol–water partition coefficient (Wildman–Crippen LogP) is 4.41. The van der Waals surface area contributed by atoms with Crippen LogP contribution in [0.25, 0.3) is 0 Å². The number of nitrogens with one attached hydrogen (secondary N) is 1. The average molecular weight is 332 g/mol. The van der Waals surface area contributed by atoms with Gasteiger partial charge in [-0.25, -0.2) is 8.78 Å². The van der Waals surface area contributed by atoms with Crippen LogP contribution in [0.2, 0.25) is 0 Å². The van der Waals surface area contributed by atoms with E-state index in [-0.39, 0.29) is 6.04 Å². The molecule has 96 valence electrons. The van der Waals surface area contributed by atoms with Gasteiger partial charge in [-0.2, -0.15) is 0 Å². The molecular formula is C13H12BrF2NS. The molecule has 0 bridgehead atoms. The van der Waals surface area contributed by atoms with E-state index in [0.29, 0.717) is 5.56 Å². The lowest BCUT2D eigenvalue weighted by Gasteiger charge is -2.17. The van der Waals surface area contributed by atoms with Crippen LogP contribution >= 0.6 is 27.3 Å². The highest BCUT2D eigenvalue weighted by Gasteiger charge is 2.20. The van der Waals surface area contributed by atoms with E-state index in [2.05, 4.69) is 21.2 Å². The molecule has 5 heteroatoms. The first kappa shape index (κ1) is 13.6. The van der Waals surface area contributed by atoms with Crippen LogP contribution in [0.1, 0.15) is 22.0 Å². The highest BCUT2D eigenvalue weighted by Crippen LogP contribution is 2.34. The van der Waals surface area contributed by atoms with Crippen LogP contribution in [0.5, 0.6) is 0 Å². The zero-order valence-electron chi connectivity index (χ0n) is 9.93. The van der Waals surface area contributed by atoms with Crippen molar-refractivity contribution in [1.29, 1.82) is 0 Å². The predicted molar refractivity (Wildman–Crippen MR) is 74.0 cm³/mol. The van der Waals surface area contributed by atoms with Gasteiger partial charge >= 0.3 is 0 Å². The Bertz CT molecular complexity index is 568. The molecule has 0 aliphatic rings. The number of rotatable bonds is 3. The van der Waals surface area contributed by atoms with Crippen LogP contribution in [-0.4, -0.2) is 7.05 Å². The first-order valence-corrected chi connectivity index (χ1v) is 7.02. The van der Waals surface area contributed by atoms with Gasteiger partial charge in [0.05, 0.1) is 9.83 Å². The van der Waals surface area contributed by atoms with Crippen molar-refractivity contribution in [3.05, 3.63) is 55.7 Å². The Morgan fingerprint density at radius 2 is 1.94 bits per heavy atom. The molecule has 0 radical (unpaired) electrons. The highest BCUT2D eigenvalue weighted by molar-refractivity contribution is 9.11. The molecular weight excluding hydrogens is 320 g/mol. The summed E-state index contributed by atoms with van der Waals surface area (Å²) in [7, 11) is 1.76. The van der Waals surface area contributed by atoms with Gasteiger partial charge < -0.3 is 5.32 Å². The molecule has 1 heterocycles. The minimum Gasteiger partial charge on any atom is -0.309 e. The van der Waals surface area contributed by atoms with Gasteiger partial charge in [0.25, 0.3) is 0 Å². The first-order valence-electron chi connectivity index (χ1n) is 5.41. The Labute approximate surface area is 117 Å². The lowest BCUT2D eigenvalue weighted by Crippen LogP contribution is -2.19. The molecule has 0 fully saturated rings. The highest BCUT2D eigenvalue weighted by atomic mass is 79.9. The van der Waals surface area contributed by atoms with Crippen molar-refractivity contribution in [1.82, 2.24) is 5.32 Å². The average Bonchev–Trinajstić information content (AvgIpc) is 2.62. The van der Waals surface area contributed by atoms with Crippen molar-refractivity contribution < 1.29 is 8.78 Å². The Kier molecular flexibility index (Phi) is 4.14. The first-order chi connectivity index (χ1) is 8.52. The molecule has 2 rings (SSSR count). The number of halogens is 3. The molecule has 1 atom stereocenters. The maximum absolute atomic E-state index is 13.8. The SMILES string of the molecule is CNC(c1ccc(F)cc1F)c1cc(Br)sc1C. The molecule has 0 saturated carbocycles. The number of aryl methyl sites for hydroxylation is 1. The molecule has 1 aromatic heterocycles. The second-order valence-corrected chi connectivity index (χ2v) is 6.59. The standard InChI is InChI=1S/C13H12BrF2NS/c1-7-10(6-12(14)18-7)13(17-2)9-4-3-8(15)5-11(9)16/h3-6,13,17H,1-2H3. The molecule has 0 amide bonds. The summed E-state index contributed by atoms with van der Waals surface area (Å²) < 4.78 is 27.8. The van der Waals surface area contributed by atoms with Crippen LogP contribution in [0.15, 0.2) is 28.1 Å². The summed E-state index contributed by atoms with van der Waals surface area (Å²) in [4.78, 5) is 1.10. The van der Waals surface area contributed by atoms with Gasteiger partial charge in [-0.1, -0.05) is 6.07 Å². The maximum Gasteiger partial charge on any atom is 0.131 e. The van der Waals surface area contributed by atoms with Crippen molar-refractivity contribution in [2.75, 3.05) is 7.05 Å². The number of hydrogen-bond acceptors (Lipinski definition) is 2. The van der Waals surface area contributed by atoms with Gasteiger partial charge in [-0.3, -0.25) is 0 Å². The van der Waals surface area contributed by atoms with Crippen molar-refractivity contribution in [2.24, 2.45) is 0 Å². The molecule has 0 aliphatic carbocycles. The Hall–Kier alpha value is -0.780. The summed E-state index contributed by atoms with van der Waals surface area (Å²) in [6.07, 6.45) is 0. The van der Waals surface area contributed by atoms with E-state index >= 15 is 0 Å². The van der Waals surface area contributed by atoms with E-state index in [1.807, 2.05) is 13.0 Å². The topological polar surface area (TPSA) is 12.0 Å². The lowest BCUT2D eigenvalue weighted by atomic mass is 9.99. The van der Waals surface area contributed by atoms with Crippen LogP contribution in [0, 0.1) is 18.6 Å². The van der Waals surface area contributed by atoms with Gasteiger partial charge in [-0.15, -0.1) is 11.3 Å². The summed E-state index contributed by atoms with van der Waals surface area (Å²) in [5, 5.41) is 3.07. The second-order valence-electron chi connectivity index (χ2n) is 3.95. The quantitative estimate of drug-likeness (QED) is 0.878. The fraction of sp³-hybridized carbons (Fsp3) is 0.231. The smallest absolute Gasteiger partial charge is 0.131 e. The Balaban J connectivity index is 2.48. The van der Waals surface area contributed by atoms with Crippen molar-refractivity contribution in [3.8, 4) is 0 Å². The second kappa shape index (κ2) is 5.47. The molecule has 18 heavy (non-hydrogen) atoms. The van der Waals surface area contributed by atoms with Gasteiger partial charge in [0.15, 0.2) is 0 Å². The fourth-order valence-electron chi connectivity index (χ4n) is 1.96. The minimum absolute atomic E-state index is 0.270. The van der Waals surface area contributed by atoms with Gasteiger partial charge in [0.1, 0.15) is 11.6 Å². The van der Waals surface area contributed by atoms with Crippen molar-refractivity contribution in [2.45, 2.75) is 13.0 Å². The van der Waals surface area contributed by atoms with E-state index in [4.69, 9.17) is 0 Å². The van der Waals surface area contributed by atoms with Gasteiger partial charge in [0, 0.05) is 16.5 Å². The Morgan fingerprint density at radius 3 is 2.44 bits per heavy atom. The summed E-state index contributed by atoms with van der Waals surface area (Å²) in [6.45, 7) is 1.98. The molecule has 0 spiro atoms. The number of benzene rings is 1. The molecule has 0 aliphatic heterocycles. The molecule has 1 unspecified atom stereocenters. The molecule has 0 saturated heterocycles. The largest absolute Gasteiger partial charge is 0.309 e. The third-order valence-corrected chi connectivity index (χ3v) is 4.37. The van der Waals surface area contributed by atoms with E-state index in [1.54, 1.807) is 18.4 Å². The number of thiophene rings is 1. The van der Waals surface area contributed by atoms with Crippen molar-refractivity contribution >= 4 is 27.3 Å². The van der Waals surface area contributed by atoms with E-state index < -0.39 is 11.6 Å². The maximum atomic E-state index is 13.8. The van der Waals surface area contributed by atoms with Gasteiger partial charge in [-0.05, 0) is 47.6 Å². The third-order valence-electron chi connectivity index (χ3n) is 2.80. The monoisotopic (exact) mass is 331 g/mol. The van der Waals surface area contributed by atoms with Crippen molar-refractivity contribution in [3.63, 3.8) is 0 Å². The zero-order valence-corrected chi connectivity index (χ0v) is 12.3. The van der Waals surface area contributed by atoms with E-state index in [0.717, 1.165) is 20.3 Å². The molecule has 1 aromatic carbocycles. The van der Waals surface area contributed by atoms with Crippen LogP contribution in [0.4, 0.5) is 8.78 Å². The normalized spacial score (nSPS) is 12.7. The summed E-state index contributed by atoms with van der Waals surface area (Å²) in [5.41, 5.74) is 1.45. The van der Waals surface area contributed by atoms with E-state index in [9.17, 15) is 8.78 Å². The van der Waals surface area contributed by atoms with Crippen LogP contribution in [0.3, 0.4) is 0 Å². The third kappa shape index (κ3) is 2.63. The van der Waals surface area contributed by atoms with E-state index in [1.165, 1.54) is 12.1 Å². The minimum atomic E-state index is -0.561. The summed E-state index contributed by atoms with van der Waals surface area (Å²) >= 11 is 5.02. The van der Waals surface area contributed by atoms with Crippen LogP contribution in [-0.2, 0) is 0 Å². The van der Waals surface area contributed by atoms with Gasteiger partial charge in [0.2, 0.25) is 0 Å². The zero-order chi connectivity index (χ0) is 13.3. The number of hydrogen-bond donors (Lipinski definition) is 1. The Morgan fingerprint density at radius 1 is 1.22 bits per heavy atom.